The van der Waals surface area contributed by atoms with Gasteiger partial charge in [0.25, 0.3) is 0 Å². The molecule has 0 aliphatic carbocycles. The van der Waals surface area contributed by atoms with Crippen molar-refractivity contribution in [3.05, 3.63) is 65.0 Å². The Kier molecular flexibility index (Phi) is 11.8. The van der Waals surface area contributed by atoms with Gasteiger partial charge in [-0.15, -0.1) is 0 Å². The maximum absolute atomic E-state index is 11.6. The topological polar surface area (TPSA) is 118 Å². The van der Waals surface area contributed by atoms with Crippen LogP contribution in [0.25, 0.3) is 0 Å². The third-order valence-electron chi connectivity index (χ3n) is 3.21. The van der Waals surface area contributed by atoms with Crippen molar-refractivity contribution in [2.24, 2.45) is 10.2 Å². The summed E-state index contributed by atoms with van der Waals surface area (Å²) < 4.78 is 9.16. The summed E-state index contributed by atoms with van der Waals surface area (Å²) in [7, 11) is 2.41. The fourth-order valence-electron chi connectivity index (χ4n) is 1.85. The number of aliphatic hydroxyl groups excluding tert-OH is 1. The summed E-state index contributed by atoms with van der Waals surface area (Å²) in [5.41, 5.74) is 0.976. The Morgan fingerprint density at radius 2 is 1.79 bits per heavy atom. The fraction of sp³-hybridized carbons (Fsp3) is 0.238. The van der Waals surface area contributed by atoms with Crippen LogP contribution >= 0.6 is 0 Å². The molecule has 0 heterocycles. The summed E-state index contributed by atoms with van der Waals surface area (Å²) >= 11 is 0. The van der Waals surface area contributed by atoms with E-state index in [0.29, 0.717) is 11.1 Å². The van der Waals surface area contributed by atoms with Gasteiger partial charge in [-0.1, -0.05) is 20.4 Å². The van der Waals surface area contributed by atoms with Crippen molar-refractivity contribution in [1.29, 1.82) is 0 Å². The second-order valence-electron chi connectivity index (χ2n) is 5.14. The minimum atomic E-state index is -0.719. The Balaban J connectivity index is 0.00000379. The summed E-state index contributed by atoms with van der Waals surface area (Å²) in [4.78, 5) is 23.2. The van der Waals surface area contributed by atoms with Gasteiger partial charge >= 0.3 is 11.9 Å². The molecule has 0 aliphatic rings. The van der Waals surface area contributed by atoms with Crippen LogP contribution in [-0.4, -0.2) is 48.8 Å². The molecule has 8 nitrogen and oxygen atoms in total. The predicted molar refractivity (Wildman–Crippen MR) is 113 cm³/mol. The van der Waals surface area contributed by atoms with Gasteiger partial charge in [-0.2, -0.15) is 10.2 Å². The van der Waals surface area contributed by atoms with Gasteiger partial charge in [0, 0.05) is 0 Å². The highest BCUT2D eigenvalue weighted by Crippen LogP contribution is 2.18. The quantitative estimate of drug-likeness (QED) is 0.179. The fourth-order valence-corrected chi connectivity index (χ4v) is 1.85. The number of hydrogen-bond donors (Lipinski definition) is 2. The predicted octanol–water partition coefficient (Wildman–Crippen LogP) is 3.73. The lowest BCUT2D eigenvalue weighted by atomic mass is 10.1. The summed E-state index contributed by atoms with van der Waals surface area (Å²) in [6, 6.07) is 4.29. The van der Waals surface area contributed by atoms with Gasteiger partial charge in [-0.05, 0) is 48.4 Å². The van der Waals surface area contributed by atoms with Gasteiger partial charge < -0.3 is 19.7 Å². The van der Waals surface area contributed by atoms with Gasteiger partial charge in [-0.25, -0.2) is 9.59 Å². The average Bonchev–Trinajstić information content (AvgIpc) is 2.75. The van der Waals surface area contributed by atoms with E-state index < -0.39 is 11.9 Å². The summed E-state index contributed by atoms with van der Waals surface area (Å²) in [5.74, 6) is -1.92. The van der Waals surface area contributed by atoms with E-state index in [-0.39, 0.29) is 22.6 Å². The molecule has 0 radical (unpaired) electrons. The number of nitrogens with zero attached hydrogens (tertiary/aromatic N) is 2. The first-order valence-electron chi connectivity index (χ1n) is 8.64. The van der Waals surface area contributed by atoms with E-state index in [2.05, 4.69) is 26.3 Å². The summed E-state index contributed by atoms with van der Waals surface area (Å²) in [5, 5.41) is 27.0. The zero-order valence-electron chi connectivity index (χ0n) is 17.2. The molecule has 0 spiro atoms. The SMILES string of the molecule is C=C\C(O)=C(/C=C(C)/C=N/N=C/c1ccc(O)c(C(=O)OC)c1)C(=O)OC.CC. The Bertz CT molecular complexity index is 851. The van der Waals surface area contributed by atoms with Crippen molar-refractivity contribution >= 4 is 24.4 Å². The average molecular weight is 402 g/mol. The third-order valence-corrected chi connectivity index (χ3v) is 3.21. The molecule has 0 saturated carbocycles. The van der Waals surface area contributed by atoms with E-state index in [1.807, 2.05) is 13.8 Å². The number of phenols is 1. The van der Waals surface area contributed by atoms with Crippen LogP contribution in [0, 0.1) is 0 Å². The van der Waals surface area contributed by atoms with E-state index in [4.69, 9.17) is 0 Å². The normalized spacial score (nSPS) is 12.1. The highest BCUT2D eigenvalue weighted by atomic mass is 16.5. The van der Waals surface area contributed by atoms with Crippen LogP contribution < -0.4 is 0 Å². The van der Waals surface area contributed by atoms with Crippen LogP contribution in [0.3, 0.4) is 0 Å². The second kappa shape index (κ2) is 13.5. The summed E-state index contributed by atoms with van der Waals surface area (Å²) in [6.45, 7) is 9.04. The van der Waals surface area contributed by atoms with Crippen molar-refractivity contribution < 1.29 is 29.3 Å². The number of carbonyl (C=O) groups is 2. The smallest absolute Gasteiger partial charge is 0.341 e. The maximum Gasteiger partial charge on any atom is 0.341 e. The molecule has 0 fully saturated rings. The van der Waals surface area contributed by atoms with E-state index in [1.165, 1.54) is 44.9 Å². The first kappa shape index (κ1) is 25.3. The molecule has 0 unspecified atom stereocenters. The monoisotopic (exact) mass is 402 g/mol. The number of rotatable bonds is 7. The van der Waals surface area contributed by atoms with Crippen molar-refractivity contribution in [2.45, 2.75) is 20.8 Å². The Labute approximate surface area is 170 Å². The van der Waals surface area contributed by atoms with Gasteiger partial charge in [0.05, 0.1) is 26.6 Å². The van der Waals surface area contributed by atoms with Crippen molar-refractivity contribution in [1.82, 2.24) is 0 Å². The standard InChI is InChI=1S/C19H20N2O6.C2H6/c1-5-16(22)14(18(24)26-3)8-12(2)10-20-21-11-13-6-7-17(23)15(9-13)19(25)27-4;1-2/h5-11,22-23H,1H2,2-4H3;1-2H3/b12-8+,16-14-,20-10+,21-11+;. The molecule has 2 N–H and O–H groups in total. The minimum Gasteiger partial charge on any atom is -0.507 e. The number of methoxy groups -OCH3 is 2. The molecule has 0 saturated heterocycles. The van der Waals surface area contributed by atoms with E-state index in [1.54, 1.807) is 13.0 Å². The number of hydrogen-bond acceptors (Lipinski definition) is 8. The zero-order valence-corrected chi connectivity index (χ0v) is 17.2. The van der Waals surface area contributed by atoms with E-state index in [9.17, 15) is 19.8 Å². The van der Waals surface area contributed by atoms with Crippen LogP contribution in [-0.2, 0) is 14.3 Å². The Hall–Kier alpha value is -3.68. The lowest BCUT2D eigenvalue weighted by Crippen LogP contribution is -2.06. The second-order valence-corrected chi connectivity index (χ2v) is 5.14. The molecule has 156 valence electrons. The van der Waals surface area contributed by atoms with Gasteiger partial charge in [0.2, 0.25) is 0 Å². The summed E-state index contributed by atoms with van der Waals surface area (Å²) in [6.07, 6.45) is 5.22. The number of allylic oxidation sites excluding steroid dienone is 2. The molecule has 1 aromatic carbocycles. The zero-order chi connectivity index (χ0) is 22.4. The lowest BCUT2D eigenvalue weighted by Gasteiger charge is -2.03. The molecule has 1 rings (SSSR count). The molecule has 8 heteroatoms. The molecule has 1 aromatic rings. The number of phenolic OH excluding ortho intramolecular Hbond substituents is 1. The molecule has 0 amide bonds. The Morgan fingerprint density at radius 1 is 1.14 bits per heavy atom. The van der Waals surface area contributed by atoms with Crippen LogP contribution in [0.15, 0.2) is 64.0 Å². The number of benzene rings is 1. The molecule has 29 heavy (non-hydrogen) atoms. The molecule has 0 aliphatic heterocycles. The van der Waals surface area contributed by atoms with Gasteiger partial charge in [0.1, 0.15) is 22.6 Å². The van der Waals surface area contributed by atoms with Crippen LogP contribution in [0.2, 0.25) is 0 Å². The minimum absolute atomic E-state index is 0.00858. The highest BCUT2D eigenvalue weighted by molar-refractivity contribution is 5.95. The largest absolute Gasteiger partial charge is 0.507 e. The van der Waals surface area contributed by atoms with Crippen molar-refractivity contribution in [3.63, 3.8) is 0 Å². The van der Waals surface area contributed by atoms with Crippen LogP contribution in [0.1, 0.15) is 36.7 Å². The number of esters is 2. The number of carbonyl (C=O) groups excluding carboxylic acids is 2. The molecule has 0 aromatic heterocycles. The third kappa shape index (κ3) is 8.25. The molecular weight excluding hydrogens is 376 g/mol. The van der Waals surface area contributed by atoms with Gasteiger partial charge in [-0.3, -0.25) is 0 Å². The molecular formula is C21H26N2O6. The number of aromatic hydroxyl groups is 1. The van der Waals surface area contributed by atoms with Crippen LogP contribution in [0.4, 0.5) is 0 Å². The van der Waals surface area contributed by atoms with Crippen molar-refractivity contribution in [3.8, 4) is 5.75 Å². The molecule has 0 atom stereocenters. The van der Waals surface area contributed by atoms with E-state index >= 15 is 0 Å². The first-order chi connectivity index (χ1) is 13.8. The van der Waals surface area contributed by atoms with Crippen molar-refractivity contribution in [2.75, 3.05) is 14.2 Å². The lowest BCUT2D eigenvalue weighted by molar-refractivity contribution is -0.135. The highest BCUT2D eigenvalue weighted by Gasteiger charge is 2.12. The van der Waals surface area contributed by atoms with E-state index in [0.717, 1.165) is 6.08 Å². The Morgan fingerprint density at radius 3 is 2.34 bits per heavy atom. The number of aliphatic hydroxyl groups is 1. The molecule has 0 bridgehead atoms. The van der Waals surface area contributed by atoms with Crippen LogP contribution in [0.5, 0.6) is 5.75 Å². The maximum atomic E-state index is 11.6. The number of ether oxygens (including phenoxy) is 2. The first-order valence-corrected chi connectivity index (χ1v) is 8.64. The van der Waals surface area contributed by atoms with Gasteiger partial charge in [0.15, 0.2) is 0 Å².